The molecule has 0 bridgehead atoms. The van der Waals surface area contributed by atoms with Crippen molar-refractivity contribution < 1.29 is 14.0 Å². The highest BCUT2D eigenvalue weighted by Crippen LogP contribution is 2.38. The van der Waals surface area contributed by atoms with E-state index in [1.165, 1.54) is 12.1 Å². The normalized spacial score (nSPS) is 18.1. The maximum atomic E-state index is 13.7. The molecule has 0 saturated heterocycles. The number of fused-ring (bicyclic) bond motifs is 1. The Labute approximate surface area is 155 Å². The molecule has 6 heteroatoms. The van der Waals surface area contributed by atoms with Crippen LogP contribution in [0.15, 0.2) is 54.6 Å². The molecule has 1 saturated carbocycles. The molecular formula is C21H18FN3O2. The van der Waals surface area contributed by atoms with Crippen LogP contribution in [0.5, 0.6) is 0 Å². The molecule has 3 aromatic rings. The van der Waals surface area contributed by atoms with Gasteiger partial charge in [0.05, 0.1) is 16.8 Å². The number of amides is 2. The minimum Gasteiger partial charge on any atom is -0.325 e. The van der Waals surface area contributed by atoms with Crippen molar-refractivity contribution in [3.8, 4) is 0 Å². The van der Waals surface area contributed by atoms with Gasteiger partial charge in [-0.3, -0.25) is 9.59 Å². The van der Waals surface area contributed by atoms with Crippen LogP contribution >= 0.6 is 0 Å². The summed E-state index contributed by atoms with van der Waals surface area (Å²) in [7, 11) is 0. The maximum absolute atomic E-state index is 13.7. The van der Waals surface area contributed by atoms with Crippen molar-refractivity contribution >= 4 is 34.2 Å². The third-order valence-corrected chi connectivity index (χ3v) is 4.77. The second-order valence-electron chi connectivity index (χ2n) is 6.84. The summed E-state index contributed by atoms with van der Waals surface area (Å²) in [5, 5.41) is 6.37. The topological polar surface area (TPSA) is 71.1 Å². The highest BCUT2D eigenvalue weighted by atomic mass is 19.1. The Hall–Kier alpha value is -3.28. The molecule has 1 aliphatic rings. The van der Waals surface area contributed by atoms with Crippen molar-refractivity contribution in [1.29, 1.82) is 0 Å². The SMILES string of the molecule is CC1CC1C(=O)Nc1ccc(F)cc1C(=O)Nc1ccc2ccccc2n1. The number of carbonyl (C=O) groups is 2. The Morgan fingerprint density at radius 1 is 1.07 bits per heavy atom. The summed E-state index contributed by atoms with van der Waals surface area (Å²) in [6, 6.07) is 14.8. The zero-order valence-electron chi connectivity index (χ0n) is 14.7. The smallest absolute Gasteiger partial charge is 0.259 e. The first-order valence-corrected chi connectivity index (χ1v) is 8.79. The number of para-hydroxylation sites is 1. The summed E-state index contributed by atoms with van der Waals surface area (Å²) in [6.45, 7) is 1.99. The summed E-state index contributed by atoms with van der Waals surface area (Å²) in [5.74, 6) is -0.582. The van der Waals surface area contributed by atoms with Gasteiger partial charge in [0.25, 0.3) is 5.91 Å². The van der Waals surface area contributed by atoms with Crippen LogP contribution in [0.25, 0.3) is 10.9 Å². The lowest BCUT2D eigenvalue weighted by Gasteiger charge is -2.12. The van der Waals surface area contributed by atoms with Crippen molar-refractivity contribution in [2.75, 3.05) is 10.6 Å². The molecule has 1 aliphatic carbocycles. The van der Waals surface area contributed by atoms with E-state index in [2.05, 4.69) is 15.6 Å². The number of hydrogen-bond donors (Lipinski definition) is 2. The van der Waals surface area contributed by atoms with Crippen molar-refractivity contribution in [2.45, 2.75) is 13.3 Å². The first-order chi connectivity index (χ1) is 13.0. The van der Waals surface area contributed by atoms with E-state index in [9.17, 15) is 14.0 Å². The van der Waals surface area contributed by atoms with E-state index in [1.807, 2.05) is 37.3 Å². The number of nitrogens with zero attached hydrogens (tertiary/aromatic N) is 1. The molecule has 1 heterocycles. The minimum atomic E-state index is -0.551. The highest BCUT2D eigenvalue weighted by Gasteiger charge is 2.39. The van der Waals surface area contributed by atoms with E-state index >= 15 is 0 Å². The Kier molecular flexibility index (Phi) is 4.32. The molecule has 0 radical (unpaired) electrons. The van der Waals surface area contributed by atoms with Crippen LogP contribution in [0.1, 0.15) is 23.7 Å². The molecular weight excluding hydrogens is 345 g/mol. The molecule has 2 N–H and O–H groups in total. The Balaban J connectivity index is 1.58. The lowest BCUT2D eigenvalue weighted by Crippen LogP contribution is -2.20. The number of hydrogen-bond acceptors (Lipinski definition) is 3. The second-order valence-corrected chi connectivity index (χ2v) is 6.84. The molecule has 2 atom stereocenters. The third-order valence-electron chi connectivity index (χ3n) is 4.77. The van der Waals surface area contributed by atoms with Crippen LogP contribution in [0.3, 0.4) is 0 Å². The van der Waals surface area contributed by atoms with Gasteiger partial charge in [-0.05, 0) is 48.7 Å². The number of rotatable bonds is 4. The van der Waals surface area contributed by atoms with Gasteiger partial charge in [-0.1, -0.05) is 25.1 Å². The van der Waals surface area contributed by atoms with E-state index in [0.29, 0.717) is 17.4 Å². The van der Waals surface area contributed by atoms with Gasteiger partial charge in [0.2, 0.25) is 5.91 Å². The van der Waals surface area contributed by atoms with Gasteiger partial charge < -0.3 is 10.6 Å². The molecule has 1 fully saturated rings. The molecule has 0 spiro atoms. The van der Waals surface area contributed by atoms with Crippen LogP contribution < -0.4 is 10.6 Å². The average molecular weight is 363 g/mol. The Morgan fingerprint density at radius 2 is 1.85 bits per heavy atom. The lowest BCUT2D eigenvalue weighted by molar-refractivity contribution is -0.117. The molecule has 4 rings (SSSR count). The predicted molar refractivity (Wildman–Crippen MR) is 102 cm³/mol. The number of pyridine rings is 1. The van der Waals surface area contributed by atoms with Crippen molar-refractivity contribution in [1.82, 2.24) is 4.98 Å². The predicted octanol–water partition coefficient (Wildman–Crippen LogP) is 4.22. The van der Waals surface area contributed by atoms with E-state index in [4.69, 9.17) is 0 Å². The molecule has 2 amide bonds. The molecule has 1 aromatic heterocycles. The fraction of sp³-hybridized carbons (Fsp3) is 0.190. The van der Waals surface area contributed by atoms with Gasteiger partial charge in [-0.15, -0.1) is 0 Å². The molecule has 2 aromatic carbocycles. The van der Waals surface area contributed by atoms with E-state index in [1.54, 1.807) is 6.07 Å². The molecule has 0 aliphatic heterocycles. The number of benzene rings is 2. The number of carbonyl (C=O) groups excluding carboxylic acids is 2. The first kappa shape index (κ1) is 17.1. The fourth-order valence-electron chi connectivity index (χ4n) is 3.05. The van der Waals surface area contributed by atoms with Crippen LogP contribution in [0.2, 0.25) is 0 Å². The van der Waals surface area contributed by atoms with Gasteiger partial charge in [-0.2, -0.15) is 0 Å². The fourth-order valence-corrected chi connectivity index (χ4v) is 3.05. The maximum Gasteiger partial charge on any atom is 0.259 e. The van der Waals surface area contributed by atoms with E-state index < -0.39 is 11.7 Å². The van der Waals surface area contributed by atoms with Gasteiger partial charge in [0, 0.05) is 11.3 Å². The average Bonchev–Trinajstić information content (AvgIpc) is 3.40. The zero-order chi connectivity index (χ0) is 19.0. The molecule has 136 valence electrons. The second kappa shape index (κ2) is 6.79. The first-order valence-electron chi connectivity index (χ1n) is 8.79. The highest BCUT2D eigenvalue weighted by molar-refractivity contribution is 6.10. The summed E-state index contributed by atoms with van der Waals surface area (Å²) in [6.07, 6.45) is 0.829. The number of aromatic nitrogens is 1. The van der Waals surface area contributed by atoms with Gasteiger partial charge in [0.15, 0.2) is 0 Å². The monoisotopic (exact) mass is 363 g/mol. The molecule has 5 nitrogen and oxygen atoms in total. The molecule has 27 heavy (non-hydrogen) atoms. The standard InChI is InChI=1S/C21H18FN3O2/c1-12-10-15(12)20(26)24-18-8-7-14(22)11-16(18)21(27)25-19-9-6-13-4-2-3-5-17(13)23-19/h2-9,11-12,15H,10H2,1H3,(H,24,26)(H,23,25,27). The van der Waals surface area contributed by atoms with Crippen LogP contribution in [-0.2, 0) is 4.79 Å². The quantitative estimate of drug-likeness (QED) is 0.729. The number of halogens is 1. The largest absolute Gasteiger partial charge is 0.325 e. The van der Waals surface area contributed by atoms with Crippen molar-refractivity contribution in [2.24, 2.45) is 11.8 Å². The lowest BCUT2D eigenvalue weighted by atomic mass is 10.1. The van der Waals surface area contributed by atoms with Crippen LogP contribution in [-0.4, -0.2) is 16.8 Å². The van der Waals surface area contributed by atoms with Gasteiger partial charge in [0.1, 0.15) is 11.6 Å². The van der Waals surface area contributed by atoms with Crippen LogP contribution in [0, 0.1) is 17.7 Å². The summed E-state index contributed by atoms with van der Waals surface area (Å²) < 4.78 is 13.7. The minimum absolute atomic E-state index is 0.0480. The summed E-state index contributed by atoms with van der Waals surface area (Å²) in [5.41, 5.74) is 1.09. The van der Waals surface area contributed by atoms with Gasteiger partial charge in [-0.25, -0.2) is 9.37 Å². The van der Waals surface area contributed by atoms with E-state index in [-0.39, 0.29) is 17.4 Å². The van der Waals surface area contributed by atoms with Crippen molar-refractivity contribution in [3.63, 3.8) is 0 Å². The van der Waals surface area contributed by atoms with Gasteiger partial charge >= 0.3 is 0 Å². The summed E-state index contributed by atoms with van der Waals surface area (Å²) >= 11 is 0. The number of anilines is 2. The third kappa shape index (κ3) is 3.65. The Morgan fingerprint density at radius 3 is 2.63 bits per heavy atom. The Bertz CT molecular complexity index is 1050. The molecule has 2 unspecified atom stereocenters. The number of nitrogens with one attached hydrogen (secondary N) is 2. The van der Waals surface area contributed by atoms with E-state index in [0.717, 1.165) is 23.4 Å². The zero-order valence-corrected chi connectivity index (χ0v) is 14.7. The van der Waals surface area contributed by atoms with Crippen molar-refractivity contribution in [3.05, 3.63) is 66.0 Å². The van der Waals surface area contributed by atoms with Crippen LogP contribution in [0.4, 0.5) is 15.9 Å². The summed E-state index contributed by atoms with van der Waals surface area (Å²) in [4.78, 5) is 29.3.